The summed E-state index contributed by atoms with van der Waals surface area (Å²) in [7, 11) is 0. The first kappa shape index (κ1) is 4.00. The first-order chi connectivity index (χ1) is 3.43. The second kappa shape index (κ2) is 1.52. The van der Waals surface area contributed by atoms with Crippen molar-refractivity contribution in [3.63, 3.8) is 0 Å². The summed E-state index contributed by atoms with van der Waals surface area (Å²) in [6.07, 6.45) is 1.29. The molecule has 0 atom stereocenters. The van der Waals surface area contributed by atoms with Crippen LogP contribution in [0, 0.1) is 11.3 Å². The van der Waals surface area contributed by atoms with Gasteiger partial charge in [0.05, 0.1) is 0 Å². The molecule has 0 fully saturated rings. The lowest BCUT2D eigenvalue weighted by molar-refractivity contribution is 0.0852. The molecule has 0 amide bonds. The minimum absolute atomic E-state index is 0.183. The van der Waals surface area contributed by atoms with Crippen molar-refractivity contribution in [1.82, 2.24) is 0 Å². The van der Waals surface area contributed by atoms with Crippen LogP contribution >= 0.6 is 0 Å². The van der Waals surface area contributed by atoms with Gasteiger partial charge in [0, 0.05) is 0 Å². The van der Waals surface area contributed by atoms with Gasteiger partial charge >= 0.3 is 0 Å². The van der Waals surface area contributed by atoms with Crippen LogP contribution in [0.15, 0.2) is 12.0 Å². The van der Waals surface area contributed by atoms with Crippen LogP contribution in [-0.4, -0.2) is 6.79 Å². The van der Waals surface area contributed by atoms with Crippen LogP contribution in [-0.2, 0) is 9.47 Å². The van der Waals surface area contributed by atoms with Gasteiger partial charge in [-0.05, 0) is 0 Å². The Bertz CT molecular complexity index is 133. The van der Waals surface area contributed by atoms with Gasteiger partial charge in [0.2, 0.25) is 12.6 Å². The maximum atomic E-state index is 8.04. The molecule has 0 bridgehead atoms. The number of ether oxygens (including phenoxy) is 2. The summed E-state index contributed by atoms with van der Waals surface area (Å²) in [6, 6.07) is 1.78. The number of nitrogens with zero attached hydrogens (tertiary/aromatic N) is 1. The minimum Gasteiger partial charge on any atom is -0.460 e. The van der Waals surface area contributed by atoms with E-state index in [1.807, 2.05) is 0 Å². The molecule has 3 nitrogen and oxygen atoms in total. The number of hydrogen-bond acceptors (Lipinski definition) is 3. The quantitative estimate of drug-likeness (QED) is 0.438. The van der Waals surface area contributed by atoms with Crippen molar-refractivity contribution in [2.45, 2.75) is 0 Å². The second-order valence-corrected chi connectivity index (χ2v) is 1.02. The number of rotatable bonds is 0. The Morgan fingerprint density at radius 1 is 1.86 bits per heavy atom. The molecule has 0 spiro atoms. The van der Waals surface area contributed by atoms with Gasteiger partial charge in [0.1, 0.15) is 12.3 Å². The first-order valence-corrected chi connectivity index (χ1v) is 1.78. The Morgan fingerprint density at radius 3 is 3.00 bits per heavy atom. The van der Waals surface area contributed by atoms with Gasteiger partial charge in [-0.1, -0.05) is 0 Å². The molecule has 1 aliphatic rings. The van der Waals surface area contributed by atoms with Crippen molar-refractivity contribution < 1.29 is 9.47 Å². The largest absolute Gasteiger partial charge is 0.460 e. The summed E-state index contributed by atoms with van der Waals surface area (Å²) < 4.78 is 9.12. The maximum Gasteiger partial charge on any atom is 0.235 e. The van der Waals surface area contributed by atoms with Gasteiger partial charge in [0.25, 0.3) is 0 Å². The number of hydrogen-bond donors (Lipinski definition) is 0. The zero-order valence-corrected chi connectivity index (χ0v) is 3.55. The van der Waals surface area contributed by atoms with Crippen molar-refractivity contribution in [3.05, 3.63) is 12.0 Å². The lowest BCUT2D eigenvalue weighted by atomic mass is 10.6. The highest BCUT2D eigenvalue weighted by molar-refractivity contribution is 5.11. The van der Waals surface area contributed by atoms with Crippen LogP contribution in [0.2, 0.25) is 0 Å². The second-order valence-electron chi connectivity index (χ2n) is 1.02. The van der Waals surface area contributed by atoms with E-state index in [0.29, 0.717) is 0 Å². The number of nitriles is 1. The molecule has 0 saturated carbocycles. The van der Waals surface area contributed by atoms with E-state index in [9.17, 15) is 0 Å². The van der Waals surface area contributed by atoms with Crippen LogP contribution in [0.5, 0.6) is 0 Å². The monoisotopic (exact) mass is 97.0 g/mol. The molecule has 0 radical (unpaired) electrons. The molecule has 7 heavy (non-hydrogen) atoms. The minimum atomic E-state index is 0.183. The molecule has 0 aromatic rings. The average molecular weight is 97.1 g/mol. The molecule has 0 aliphatic carbocycles. The number of allylic oxidation sites excluding steroid dienone is 1. The molecule has 1 heterocycles. The summed E-state index contributed by atoms with van der Waals surface area (Å²) >= 11 is 0. The van der Waals surface area contributed by atoms with Crippen LogP contribution < -0.4 is 0 Å². The highest BCUT2D eigenvalue weighted by atomic mass is 16.7. The molecule has 0 aromatic heterocycles. The summed E-state index contributed by atoms with van der Waals surface area (Å²) in [5.74, 6) is 0.250. The lowest BCUT2D eigenvalue weighted by Crippen LogP contribution is -1.80. The van der Waals surface area contributed by atoms with Gasteiger partial charge in [0.15, 0.2) is 0 Å². The molecular formula is C4H3NO2. The van der Waals surface area contributed by atoms with Gasteiger partial charge in [-0.25, -0.2) is 0 Å². The summed E-state index contributed by atoms with van der Waals surface area (Å²) in [5, 5.41) is 8.04. The van der Waals surface area contributed by atoms with Crippen molar-refractivity contribution in [2.75, 3.05) is 6.79 Å². The van der Waals surface area contributed by atoms with Crippen LogP contribution in [0.3, 0.4) is 0 Å². The smallest absolute Gasteiger partial charge is 0.235 e. The lowest BCUT2D eigenvalue weighted by Gasteiger charge is -1.85. The fourth-order valence-corrected chi connectivity index (χ4v) is 0.300. The predicted octanol–water partition coefficient (Wildman–Crippen LogP) is 0.356. The van der Waals surface area contributed by atoms with E-state index in [4.69, 9.17) is 5.26 Å². The average Bonchev–Trinajstić information content (AvgIpc) is 2.14. The zero-order chi connectivity index (χ0) is 5.11. The van der Waals surface area contributed by atoms with E-state index < -0.39 is 0 Å². The van der Waals surface area contributed by atoms with Gasteiger partial charge in [-0.3, -0.25) is 0 Å². The summed E-state index contributed by atoms with van der Waals surface area (Å²) in [6.45, 7) is 0.183. The molecule has 0 saturated heterocycles. The van der Waals surface area contributed by atoms with Crippen LogP contribution in [0.1, 0.15) is 0 Å². The van der Waals surface area contributed by atoms with Crippen molar-refractivity contribution >= 4 is 0 Å². The topological polar surface area (TPSA) is 42.2 Å². The first-order valence-electron chi connectivity index (χ1n) is 1.78. The molecule has 1 aliphatic heterocycles. The zero-order valence-electron chi connectivity index (χ0n) is 3.55. The Balaban J connectivity index is 2.57. The molecule has 3 heteroatoms. The third kappa shape index (κ3) is 0.631. The molecule has 1 rings (SSSR count). The Labute approximate surface area is 40.8 Å². The Kier molecular flexibility index (Phi) is 0.868. The van der Waals surface area contributed by atoms with Gasteiger partial charge in [-0.2, -0.15) is 5.26 Å². The van der Waals surface area contributed by atoms with E-state index in [-0.39, 0.29) is 12.6 Å². The fraction of sp³-hybridized carbons (Fsp3) is 0.250. The third-order valence-electron chi connectivity index (χ3n) is 0.583. The molecule has 0 unspecified atom stereocenters. The van der Waals surface area contributed by atoms with E-state index >= 15 is 0 Å². The van der Waals surface area contributed by atoms with E-state index in [0.717, 1.165) is 0 Å². The predicted molar refractivity (Wildman–Crippen MR) is 20.7 cm³/mol. The van der Waals surface area contributed by atoms with E-state index in [1.165, 1.54) is 6.26 Å². The van der Waals surface area contributed by atoms with E-state index in [2.05, 4.69) is 9.47 Å². The Morgan fingerprint density at radius 2 is 2.71 bits per heavy atom. The molecule has 0 N–H and O–H groups in total. The fourth-order valence-electron chi connectivity index (χ4n) is 0.300. The standard InChI is InChI=1S/C4H3NO2/c5-1-4-2-6-3-7-4/h2H,3H2. The SMILES string of the molecule is N#CC1=COCO1. The van der Waals surface area contributed by atoms with Crippen molar-refractivity contribution in [3.8, 4) is 6.07 Å². The molecular weight excluding hydrogens is 94.0 g/mol. The summed E-state index contributed by atoms with van der Waals surface area (Å²) in [4.78, 5) is 0. The van der Waals surface area contributed by atoms with Crippen LogP contribution in [0.4, 0.5) is 0 Å². The Hall–Kier alpha value is -1.17. The maximum absolute atomic E-state index is 8.04. The van der Waals surface area contributed by atoms with Crippen molar-refractivity contribution in [2.24, 2.45) is 0 Å². The van der Waals surface area contributed by atoms with Gasteiger partial charge < -0.3 is 9.47 Å². The van der Waals surface area contributed by atoms with Crippen molar-refractivity contribution in [1.29, 1.82) is 5.26 Å². The van der Waals surface area contributed by atoms with Gasteiger partial charge in [-0.15, -0.1) is 0 Å². The molecule has 36 valence electrons. The summed E-state index contributed by atoms with van der Waals surface area (Å²) in [5.41, 5.74) is 0. The normalized spacial score (nSPS) is 16.1. The molecule has 0 aromatic carbocycles. The third-order valence-corrected chi connectivity index (χ3v) is 0.583. The van der Waals surface area contributed by atoms with E-state index in [1.54, 1.807) is 6.07 Å². The highest BCUT2D eigenvalue weighted by Crippen LogP contribution is 2.02. The highest BCUT2D eigenvalue weighted by Gasteiger charge is 2.01. The van der Waals surface area contributed by atoms with Crippen LogP contribution in [0.25, 0.3) is 0 Å².